The van der Waals surface area contributed by atoms with Crippen LogP contribution >= 0.6 is 23.1 Å². The average Bonchev–Trinajstić information content (AvgIpc) is 3.06. The molecule has 0 aliphatic carbocycles. The molecule has 0 saturated heterocycles. The molecule has 0 radical (unpaired) electrons. The molecule has 0 atom stereocenters. The Kier molecular flexibility index (Phi) is 3.70. The third-order valence-corrected chi connectivity index (χ3v) is 5.98. The first-order valence-electron chi connectivity index (χ1n) is 7.65. The third-order valence-electron chi connectivity index (χ3n) is 4.27. The van der Waals surface area contributed by atoms with Gasteiger partial charge in [-0.25, -0.2) is 9.38 Å². The molecule has 4 rings (SSSR count). The first kappa shape index (κ1) is 15.4. The van der Waals surface area contributed by atoms with Crippen LogP contribution in [-0.2, 0) is 0 Å². The number of aryl methyl sites for hydroxylation is 2. The average molecular weight is 352 g/mol. The van der Waals surface area contributed by atoms with Crippen LogP contribution < -0.4 is 10.1 Å². The van der Waals surface area contributed by atoms with Crippen LogP contribution in [0, 0.1) is 13.8 Å². The Hall–Kier alpha value is -2.11. The van der Waals surface area contributed by atoms with Crippen molar-refractivity contribution in [3.8, 4) is 0 Å². The molecule has 0 bridgehead atoms. The topological polar surface area (TPSA) is 34.4 Å². The molecule has 120 valence electrons. The predicted octanol–water partition coefficient (Wildman–Crippen LogP) is 3.80. The van der Waals surface area contributed by atoms with Crippen molar-refractivity contribution in [2.45, 2.75) is 18.7 Å². The maximum absolute atomic E-state index is 12.8. The summed E-state index contributed by atoms with van der Waals surface area (Å²) in [4.78, 5) is 19.4. The number of imidazole rings is 1. The number of nitrogens with zero attached hydrogens (tertiary/aromatic N) is 2. The van der Waals surface area contributed by atoms with E-state index < -0.39 is 0 Å². The lowest BCUT2D eigenvalue weighted by atomic mass is 10.1. The maximum atomic E-state index is 12.8. The summed E-state index contributed by atoms with van der Waals surface area (Å²) in [6, 6.07) is 12.3. The Morgan fingerprint density at radius 2 is 1.83 bits per heavy atom. The van der Waals surface area contributed by atoms with E-state index in [9.17, 15) is 4.79 Å². The Bertz CT molecular complexity index is 1170. The summed E-state index contributed by atoms with van der Waals surface area (Å²) >= 11 is 3.15. The number of hydrogen-bond acceptors (Lipinski definition) is 4. The van der Waals surface area contributed by atoms with Gasteiger partial charge in [-0.05, 0) is 67.1 Å². The summed E-state index contributed by atoms with van der Waals surface area (Å²) in [5.41, 5.74) is 5.19. The molecule has 0 saturated carbocycles. The number of thiazole rings is 1. The zero-order valence-electron chi connectivity index (χ0n) is 13.7. The van der Waals surface area contributed by atoms with E-state index >= 15 is 0 Å². The van der Waals surface area contributed by atoms with Gasteiger partial charge in [0.2, 0.25) is 0 Å². The van der Waals surface area contributed by atoms with Crippen molar-refractivity contribution in [3.05, 3.63) is 68.0 Å². The van der Waals surface area contributed by atoms with E-state index in [1.54, 1.807) is 16.2 Å². The summed E-state index contributed by atoms with van der Waals surface area (Å²) in [5, 5.41) is 0. The van der Waals surface area contributed by atoms with Crippen LogP contribution in [0.4, 0.5) is 0 Å². The monoisotopic (exact) mass is 352 g/mol. The van der Waals surface area contributed by atoms with Crippen molar-refractivity contribution in [2.24, 2.45) is 0 Å². The highest BCUT2D eigenvalue weighted by atomic mass is 32.2. The molecule has 2 aromatic carbocycles. The number of rotatable bonds is 2. The smallest absolute Gasteiger partial charge is 0.267 e. The van der Waals surface area contributed by atoms with Crippen LogP contribution in [0.1, 0.15) is 16.7 Å². The molecule has 24 heavy (non-hydrogen) atoms. The zero-order chi connectivity index (χ0) is 16.8. The second kappa shape index (κ2) is 5.76. The molecule has 0 aliphatic rings. The molecular weight excluding hydrogens is 336 g/mol. The van der Waals surface area contributed by atoms with E-state index in [0.29, 0.717) is 0 Å². The number of benzene rings is 2. The maximum Gasteiger partial charge on any atom is 0.274 e. The van der Waals surface area contributed by atoms with E-state index in [4.69, 9.17) is 0 Å². The predicted molar refractivity (Wildman–Crippen MR) is 103 cm³/mol. The molecule has 0 amide bonds. The van der Waals surface area contributed by atoms with Gasteiger partial charge >= 0.3 is 0 Å². The van der Waals surface area contributed by atoms with E-state index in [0.717, 1.165) is 26.1 Å². The largest absolute Gasteiger partial charge is 0.274 e. The van der Waals surface area contributed by atoms with Crippen LogP contribution in [-0.4, -0.2) is 15.6 Å². The van der Waals surface area contributed by atoms with E-state index in [1.807, 2.05) is 24.3 Å². The molecule has 0 N–H and O–H groups in total. The van der Waals surface area contributed by atoms with Crippen molar-refractivity contribution in [2.75, 3.05) is 6.26 Å². The van der Waals surface area contributed by atoms with Gasteiger partial charge in [-0.3, -0.25) is 4.79 Å². The third kappa shape index (κ3) is 2.44. The van der Waals surface area contributed by atoms with Crippen LogP contribution in [0.5, 0.6) is 0 Å². The number of thioether (sulfide) groups is 1. The van der Waals surface area contributed by atoms with Crippen molar-refractivity contribution in [1.29, 1.82) is 0 Å². The highest BCUT2D eigenvalue weighted by molar-refractivity contribution is 7.98. The van der Waals surface area contributed by atoms with Crippen molar-refractivity contribution >= 4 is 45.2 Å². The second-order valence-corrected chi connectivity index (χ2v) is 7.73. The van der Waals surface area contributed by atoms with Gasteiger partial charge < -0.3 is 0 Å². The fraction of sp³-hybridized carbons (Fsp3) is 0.158. The SMILES string of the molecule is CSc1ccc(/C=c2/sc3nc4cc(C)c(C)cc4n3c2=O)cc1. The minimum atomic E-state index is 0.00898. The minimum absolute atomic E-state index is 0.00898. The van der Waals surface area contributed by atoms with E-state index in [-0.39, 0.29) is 5.56 Å². The molecule has 0 fully saturated rings. The van der Waals surface area contributed by atoms with Gasteiger partial charge in [0.05, 0.1) is 15.6 Å². The second-order valence-electron chi connectivity index (χ2n) is 5.84. The standard InChI is InChI=1S/C19H16N2OS2/c1-11-8-15-16(9-12(11)2)21-18(22)17(24-19(21)20-15)10-13-4-6-14(23-3)7-5-13/h4-10H,1-3H3/b17-10+. The normalized spacial score (nSPS) is 12.5. The Morgan fingerprint density at radius 3 is 2.54 bits per heavy atom. The van der Waals surface area contributed by atoms with Crippen LogP contribution in [0.2, 0.25) is 0 Å². The lowest BCUT2D eigenvalue weighted by molar-refractivity contribution is 1.18. The highest BCUT2D eigenvalue weighted by Gasteiger charge is 2.12. The van der Waals surface area contributed by atoms with Gasteiger partial charge in [-0.15, -0.1) is 11.8 Å². The van der Waals surface area contributed by atoms with Gasteiger partial charge in [0.15, 0.2) is 4.96 Å². The molecule has 0 aliphatic heterocycles. The summed E-state index contributed by atoms with van der Waals surface area (Å²) < 4.78 is 2.45. The van der Waals surface area contributed by atoms with E-state index in [1.165, 1.54) is 27.4 Å². The molecule has 2 aromatic heterocycles. The fourth-order valence-corrected chi connectivity index (χ4v) is 4.17. The molecule has 3 nitrogen and oxygen atoms in total. The molecule has 4 aromatic rings. The zero-order valence-corrected chi connectivity index (χ0v) is 15.3. The van der Waals surface area contributed by atoms with Crippen LogP contribution in [0.3, 0.4) is 0 Å². The Morgan fingerprint density at radius 1 is 1.12 bits per heavy atom. The highest BCUT2D eigenvalue weighted by Crippen LogP contribution is 2.21. The number of hydrogen-bond donors (Lipinski definition) is 0. The first-order chi connectivity index (χ1) is 11.6. The van der Waals surface area contributed by atoms with Gasteiger partial charge in [0, 0.05) is 4.90 Å². The quantitative estimate of drug-likeness (QED) is 0.515. The molecule has 0 unspecified atom stereocenters. The lowest BCUT2D eigenvalue weighted by Crippen LogP contribution is -2.22. The van der Waals surface area contributed by atoms with Crippen molar-refractivity contribution < 1.29 is 0 Å². The Labute approximate surface area is 147 Å². The van der Waals surface area contributed by atoms with Gasteiger partial charge in [-0.1, -0.05) is 23.5 Å². The van der Waals surface area contributed by atoms with Crippen molar-refractivity contribution in [1.82, 2.24) is 9.38 Å². The van der Waals surface area contributed by atoms with Gasteiger partial charge in [0.1, 0.15) is 0 Å². The molecular formula is C19H16N2OS2. The van der Waals surface area contributed by atoms with Gasteiger partial charge in [0.25, 0.3) is 5.56 Å². The molecule has 0 spiro atoms. The minimum Gasteiger partial charge on any atom is -0.267 e. The van der Waals surface area contributed by atoms with Gasteiger partial charge in [-0.2, -0.15) is 0 Å². The van der Waals surface area contributed by atoms with E-state index in [2.05, 4.69) is 43.3 Å². The number of fused-ring (bicyclic) bond motifs is 3. The summed E-state index contributed by atoms with van der Waals surface area (Å²) in [5.74, 6) is 0. The van der Waals surface area contributed by atoms with Crippen LogP contribution in [0.25, 0.3) is 22.1 Å². The number of aromatic nitrogens is 2. The van der Waals surface area contributed by atoms with Crippen molar-refractivity contribution in [3.63, 3.8) is 0 Å². The fourth-order valence-electron chi connectivity index (χ4n) is 2.77. The Balaban J connectivity index is 1.94. The molecule has 5 heteroatoms. The summed E-state index contributed by atoms with van der Waals surface area (Å²) in [7, 11) is 0. The summed E-state index contributed by atoms with van der Waals surface area (Å²) in [6.45, 7) is 4.13. The van der Waals surface area contributed by atoms with Crippen LogP contribution in [0.15, 0.2) is 46.1 Å². The molecule has 2 heterocycles. The lowest BCUT2D eigenvalue weighted by Gasteiger charge is -1.98. The first-order valence-corrected chi connectivity index (χ1v) is 9.69. The summed E-state index contributed by atoms with van der Waals surface area (Å²) in [6.07, 6.45) is 4.00.